The molecule has 1 aromatic heterocycles. The summed E-state index contributed by atoms with van der Waals surface area (Å²) in [5, 5.41) is 2.52. The van der Waals surface area contributed by atoms with E-state index in [1.165, 1.54) is 38.5 Å². The molecule has 0 aliphatic carbocycles. The molecule has 220 valence electrons. The van der Waals surface area contributed by atoms with E-state index in [4.69, 9.17) is 0 Å². The second-order valence-corrected chi connectivity index (χ2v) is 11.7. The summed E-state index contributed by atoms with van der Waals surface area (Å²) in [6, 6.07) is 56.7. The van der Waals surface area contributed by atoms with E-state index in [0.717, 1.165) is 28.3 Å². The van der Waals surface area contributed by atoms with Gasteiger partial charge in [0.25, 0.3) is 0 Å². The van der Waals surface area contributed by atoms with Crippen LogP contribution < -0.4 is 4.90 Å². The molecule has 3 heteroatoms. The van der Waals surface area contributed by atoms with Gasteiger partial charge in [-0.1, -0.05) is 115 Å². The van der Waals surface area contributed by atoms with Gasteiger partial charge in [-0.3, -0.25) is 4.99 Å². The van der Waals surface area contributed by atoms with Gasteiger partial charge in [0.1, 0.15) is 0 Å². The van der Waals surface area contributed by atoms with Crippen molar-refractivity contribution in [3.8, 4) is 5.69 Å². The van der Waals surface area contributed by atoms with Crippen molar-refractivity contribution in [3.05, 3.63) is 198 Å². The Labute approximate surface area is 269 Å². The Bertz CT molecular complexity index is 2180. The summed E-state index contributed by atoms with van der Waals surface area (Å²) in [4.78, 5) is 6.56. The van der Waals surface area contributed by atoms with Gasteiger partial charge in [-0.05, 0) is 84.4 Å². The number of anilines is 2. The first kappa shape index (κ1) is 27.6. The highest BCUT2D eigenvalue weighted by atomic mass is 15.2. The molecule has 0 N–H and O–H groups in total. The van der Waals surface area contributed by atoms with Gasteiger partial charge in [0.05, 0.1) is 22.1 Å². The number of para-hydroxylation sites is 3. The molecule has 0 spiro atoms. The van der Waals surface area contributed by atoms with E-state index >= 15 is 0 Å². The fourth-order valence-corrected chi connectivity index (χ4v) is 7.53. The molecule has 1 aliphatic heterocycles. The molecule has 0 saturated heterocycles. The highest BCUT2D eigenvalue weighted by molar-refractivity contribution is 6.09. The van der Waals surface area contributed by atoms with E-state index in [-0.39, 0.29) is 0 Å². The second kappa shape index (κ2) is 11.2. The molecule has 3 nitrogen and oxygen atoms in total. The molecule has 2 heterocycles. The standard InChI is InChI=1S/C43H33N3/c1-31-38(29-30-44-2)43(32-15-5-3-6-16-32,33-17-7-4-8-18-33)39-21-11-14-24-42(39)45(31)34-25-27-35(28-26-34)46-40-22-12-9-19-36(40)37-20-10-13-23-41(37)46/h3-30H,2H2,1H3/b30-29-. The Morgan fingerprint density at radius 3 is 1.65 bits per heavy atom. The lowest BCUT2D eigenvalue weighted by Gasteiger charge is -2.46. The molecule has 46 heavy (non-hydrogen) atoms. The van der Waals surface area contributed by atoms with Crippen LogP contribution in [0.15, 0.2) is 186 Å². The summed E-state index contributed by atoms with van der Waals surface area (Å²) in [5.74, 6) is 0. The van der Waals surface area contributed by atoms with Crippen molar-refractivity contribution in [3.63, 3.8) is 0 Å². The predicted octanol–water partition coefficient (Wildman–Crippen LogP) is 10.8. The molecule has 0 amide bonds. The van der Waals surface area contributed by atoms with Gasteiger partial charge in [0.2, 0.25) is 0 Å². The number of rotatable bonds is 6. The molecule has 6 aromatic carbocycles. The highest BCUT2D eigenvalue weighted by Gasteiger charge is 2.46. The van der Waals surface area contributed by atoms with Crippen molar-refractivity contribution in [2.24, 2.45) is 4.99 Å². The molecular weight excluding hydrogens is 558 g/mol. The summed E-state index contributed by atoms with van der Waals surface area (Å²) >= 11 is 0. The van der Waals surface area contributed by atoms with Gasteiger partial charge in [-0.2, -0.15) is 0 Å². The Balaban J connectivity index is 1.36. The van der Waals surface area contributed by atoms with Crippen LogP contribution in [0.4, 0.5) is 11.4 Å². The molecule has 0 saturated carbocycles. The first-order chi connectivity index (χ1) is 22.7. The van der Waals surface area contributed by atoms with Crippen LogP contribution in [0, 0.1) is 0 Å². The lowest BCUT2D eigenvalue weighted by atomic mass is 9.62. The molecule has 0 fully saturated rings. The summed E-state index contributed by atoms with van der Waals surface area (Å²) in [6.07, 6.45) is 3.95. The summed E-state index contributed by atoms with van der Waals surface area (Å²) in [7, 11) is 0. The highest BCUT2D eigenvalue weighted by Crippen LogP contribution is 2.55. The van der Waals surface area contributed by atoms with Gasteiger partial charge in [-0.15, -0.1) is 0 Å². The van der Waals surface area contributed by atoms with Crippen LogP contribution in [0.2, 0.25) is 0 Å². The zero-order chi connectivity index (χ0) is 31.1. The Morgan fingerprint density at radius 2 is 1.07 bits per heavy atom. The van der Waals surface area contributed by atoms with Crippen LogP contribution in [0.1, 0.15) is 23.6 Å². The summed E-state index contributed by atoms with van der Waals surface area (Å²) in [6.45, 7) is 6.01. The SMILES string of the molecule is C=N/C=C\C1=C(C)N(c2ccc(-n3c4ccccc4c4ccccc43)cc2)c2ccccc2C1(c1ccccc1)c1ccccc1. The van der Waals surface area contributed by atoms with Gasteiger partial charge in [-0.25, -0.2) is 0 Å². The van der Waals surface area contributed by atoms with Crippen LogP contribution in [0.25, 0.3) is 27.5 Å². The third-order valence-corrected chi connectivity index (χ3v) is 9.38. The van der Waals surface area contributed by atoms with E-state index < -0.39 is 5.41 Å². The quantitative estimate of drug-likeness (QED) is 0.176. The minimum Gasteiger partial charge on any atom is -0.314 e. The predicted molar refractivity (Wildman–Crippen MR) is 194 cm³/mol. The fourth-order valence-electron chi connectivity index (χ4n) is 7.53. The number of fused-ring (bicyclic) bond motifs is 4. The van der Waals surface area contributed by atoms with Crippen molar-refractivity contribution in [2.75, 3.05) is 4.90 Å². The normalized spacial score (nSPS) is 14.2. The van der Waals surface area contributed by atoms with Crippen molar-refractivity contribution in [2.45, 2.75) is 12.3 Å². The Hall–Kier alpha value is -5.93. The largest absolute Gasteiger partial charge is 0.314 e. The number of aromatic nitrogens is 1. The van der Waals surface area contributed by atoms with Crippen LogP contribution in [-0.4, -0.2) is 11.3 Å². The summed E-state index contributed by atoms with van der Waals surface area (Å²) < 4.78 is 2.36. The van der Waals surface area contributed by atoms with Gasteiger partial charge in [0.15, 0.2) is 0 Å². The molecule has 0 radical (unpaired) electrons. The molecule has 1 aliphatic rings. The van der Waals surface area contributed by atoms with Gasteiger partial charge in [0, 0.05) is 34.0 Å². The number of benzene rings is 6. The van der Waals surface area contributed by atoms with Crippen LogP contribution >= 0.6 is 0 Å². The van der Waals surface area contributed by atoms with E-state index in [2.05, 4.69) is 192 Å². The number of nitrogens with zero attached hydrogens (tertiary/aromatic N) is 3. The summed E-state index contributed by atoms with van der Waals surface area (Å²) in [5.41, 5.74) is 11.2. The minimum absolute atomic E-state index is 0.552. The monoisotopic (exact) mass is 591 g/mol. The number of hydrogen-bond acceptors (Lipinski definition) is 2. The molecular formula is C43H33N3. The Morgan fingerprint density at radius 1 is 0.565 bits per heavy atom. The van der Waals surface area contributed by atoms with E-state index in [0.29, 0.717) is 0 Å². The van der Waals surface area contributed by atoms with Crippen molar-refractivity contribution in [1.82, 2.24) is 4.57 Å². The van der Waals surface area contributed by atoms with Gasteiger partial charge < -0.3 is 9.47 Å². The third-order valence-electron chi connectivity index (χ3n) is 9.38. The fraction of sp³-hybridized carbons (Fsp3) is 0.0465. The average molecular weight is 592 g/mol. The zero-order valence-electron chi connectivity index (χ0n) is 25.7. The first-order valence-corrected chi connectivity index (χ1v) is 15.7. The lowest BCUT2D eigenvalue weighted by Crippen LogP contribution is -2.39. The van der Waals surface area contributed by atoms with E-state index in [1.54, 1.807) is 0 Å². The maximum absolute atomic E-state index is 4.17. The average Bonchev–Trinajstić information content (AvgIpc) is 3.46. The van der Waals surface area contributed by atoms with Crippen molar-refractivity contribution < 1.29 is 0 Å². The number of allylic oxidation sites excluding steroid dienone is 3. The smallest absolute Gasteiger partial charge is 0.0739 e. The maximum atomic E-state index is 4.17. The third kappa shape index (κ3) is 4.09. The first-order valence-electron chi connectivity index (χ1n) is 15.7. The molecule has 0 bridgehead atoms. The molecule has 0 unspecified atom stereocenters. The van der Waals surface area contributed by atoms with Crippen molar-refractivity contribution in [1.29, 1.82) is 0 Å². The van der Waals surface area contributed by atoms with Crippen LogP contribution in [-0.2, 0) is 5.41 Å². The Kier molecular flexibility index (Phi) is 6.73. The van der Waals surface area contributed by atoms with Crippen LogP contribution in [0.3, 0.4) is 0 Å². The number of hydrogen-bond donors (Lipinski definition) is 0. The maximum Gasteiger partial charge on any atom is 0.0739 e. The van der Waals surface area contributed by atoms with Gasteiger partial charge >= 0.3 is 0 Å². The lowest BCUT2D eigenvalue weighted by molar-refractivity contribution is 0.711. The van der Waals surface area contributed by atoms with Crippen LogP contribution in [0.5, 0.6) is 0 Å². The van der Waals surface area contributed by atoms with Crippen molar-refractivity contribution >= 4 is 39.9 Å². The topological polar surface area (TPSA) is 20.5 Å². The number of aliphatic imine (C=N–C) groups is 1. The second-order valence-electron chi connectivity index (χ2n) is 11.7. The van der Waals surface area contributed by atoms with E-state index in [9.17, 15) is 0 Å². The zero-order valence-corrected chi connectivity index (χ0v) is 25.7. The minimum atomic E-state index is -0.552. The molecule has 0 atom stereocenters. The van der Waals surface area contributed by atoms with E-state index in [1.807, 2.05) is 6.20 Å². The molecule has 8 rings (SSSR count). The molecule has 7 aromatic rings.